The zero-order chi connectivity index (χ0) is 81.2. The molecule has 7 heterocycles. The molecular weight excluding hydrogens is 1470 g/mol. The molecule has 24 rings (SSSR count). The largest absolute Gasteiger partial charge is 0.456 e. The molecule has 121 heavy (non-hydrogen) atoms. The number of hydrogen-bond acceptors (Lipinski definition) is 5. The standard InChI is InChI=1S/C114H84BN3O3/c1-112(2,3)79-60-86(67-24-12-10-13-25-67)110-88(62-79)77-30-22-28-69(52-77)71-38-45-97-90(54-71)91-55-72(39-46-98(91)116(97)82-44-51-108-94(66-82)85-34-18-21-37-105(85)121-108)70-29-23-31-78(53-70)89-63-80(113(4,5)6)61-87(68-26-14-11-15-27-68)111(89)118-100-48-41-76(74-43-50-107-93(57-74)84-33-17-20-36-104(84)120-107)59-96(100)115-95-58-75(73-42-49-106-92(56-73)83-32-16-19-35-103(83)119-106)40-47-99(95)117(110)101-64-81(114(7,8)9)65-102(118)109(101)115/h10-66H,1-9H3. The Balaban J connectivity index is 0.869. The Bertz CT molecular complexity index is 7590. The van der Waals surface area contributed by atoms with Crippen molar-refractivity contribution in [2.24, 2.45) is 0 Å². The van der Waals surface area contributed by atoms with Crippen LogP contribution in [0.15, 0.2) is 359 Å². The van der Waals surface area contributed by atoms with E-state index in [1.807, 2.05) is 0 Å². The van der Waals surface area contributed by atoms with Crippen LogP contribution >= 0.6 is 0 Å². The minimum absolute atomic E-state index is 0.273. The number of para-hydroxylation sites is 3. The molecule has 0 radical (unpaired) electrons. The number of fused-ring (bicyclic) bond motifs is 29. The highest BCUT2D eigenvalue weighted by Gasteiger charge is 2.47. The Hall–Kier alpha value is -14.4. The summed E-state index contributed by atoms with van der Waals surface area (Å²) in [6.07, 6.45) is 0. The summed E-state index contributed by atoms with van der Waals surface area (Å²) < 4.78 is 22.2. The number of furan rings is 3. The number of benzene rings is 17. The molecule has 17 aromatic carbocycles. The third-order valence-corrected chi connectivity index (χ3v) is 26.3. The van der Waals surface area contributed by atoms with Gasteiger partial charge in [-0.25, -0.2) is 0 Å². The highest BCUT2D eigenvalue weighted by molar-refractivity contribution is 7.00. The van der Waals surface area contributed by atoms with Crippen molar-refractivity contribution in [2.45, 2.75) is 78.6 Å². The second kappa shape index (κ2) is 26.1. The van der Waals surface area contributed by atoms with Crippen LogP contribution in [-0.2, 0) is 16.2 Å². The monoisotopic (exact) mass is 1550 g/mol. The van der Waals surface area contributed by atoms with Gasteiger partial charge in [-0.2, -0.15) is 0 Å². The van der Waals surface area contributed by atoms with Crippen molar-refractivity contribution in [3.63, 3.8) is 0 Å². The molecule has 4 aromatic heterocycles. The molecule has 0 fully saturated rings. The van der Waals surface area contributed by atoms with Gasteiger partial charge in [0.15, 0.2) is 0 Å². The summed E-state index contributed by atoms with van der Waals surface area (Å²) in [5.74, 6) is 0. The van der Waals surface area contributed by atoms with Gasteiger partial charge < -0.3 is 27.6 Å². The molecule has 3 aliphatic heterocycles. The summed E-state index contributed by atoms with van der Waals surface area (Å²) in [5, 5.41) is 8.89. The number of anilines is 6. The Morgan fingerprint density at radius 1 is 0.223 bits per heavy atom. The lowest BCUT2D eigenvalue weighted by Gasteiger charge is -2.47. The first-order valence-electron chi connectivity index (χ1n) is 42.4. The quantitative estimate of drug-likeness (QED) is 0.161. The zero-order valence-corrected chi connectivity index (χ0v) is 69.1. The average molecular weight is 1550 g/mol. The van der Waals surface area contributed by atoms with E-state index in [9.17, 15) is 0 Å². The maximum absolute atomic E-state index is 6.60. The van der Waals surface area contributed by atoms with Crippen LogP contribution in [0, 0.1) is 0 Å². The lowest BCUT2D eigenvalue weighted by Crippen LogP contribution is -2.61. The van der Waals surface area contributed by atoms with Gasteiger partial charge in [0.25, 0.3) is 6.71 Å². The Morgan fingerprint density at radius 2 is 0.537 bits per heavy atom. The van der Waals surface area contributed by atoms with Crippen molar-refractivity contribution in [3.8, 4) is 94.7 Å². The summed E-state index contributed by atoms with van der Waals surface area (Å²) in [6, 6.07) is 131. The van der Waals surface area contributed by atoms with E-state index in [0.717, 1.165) is 216 Å². The van der Waals surface area contributed by atoms with Gasteiger partial charge in [-0.3, -0.25) is 0 Å². The van der Waals surface area contributed by atoms with Gasteiger partial charge in [0, 0.05) is 93.8 Å². The molecule has 7 heteroatoms. The van der Waals surface area contributed by atoms with Gasteiger partial charge in [0.1, 0.15) is 33.5 Å². The molecule has 13 bridgehead atoms. The summed E-state index contributed by atoms with van der Waals surface area (Å²) in [7, 11) is 0. The molecule has 3 aliphatic rings. The predicted molar refractivity (Wildman–Crippen MR) is 510 cm³/mol. The lowest BCUT2D eigenvalue weighted by molar-refractivity contribution is 0.590. The molecule has 0 atom stereocenters. The van der Waals surface area contributed by atoms with Crippen LogP contribution in [0.5, 0.6) is 0 Å². The fourth-order valence-corrected chi connectivity index (χ4v) is 20.1. The minimum Gasteiger partial charge on any atom is -0.456 e. The zero-order valence-electron chi connectivity index (χ0n) is 69.1. The predicted octanol–water partition coefficient (Wildman–Crippen LogP) is 30.1. The number of hydrogen-bond donors (Lipinski definition) is 0. The first-order valence-corrected chi connectivity index (χ1v) is 42.4. The number of aromatic nitrogens is 1. The lowest BCUT2D eigenvalue weighted by atomic mass is 9.33. The van der Waals surface area contributed by atoms with Gasteiger partial charge >= 0.3 is 0 Å². The first kappa shape index (κ1) is 70.8. The van der Waals surface area contributed by atoms with Crippen LogP contribution in [0.1, 0.15) is 79.0 Å². The van der Waals surface area contributed by atoms with Crippen molar-refractivity contribution in [3.05, 3.63) is 362 Å². The molecule has 6 nitrogen and oxygen atoms in total. The minimum atomic E-state index is -0.361. The van der Waals surface area contributed by atoms with E-state index in [1.165, 1.54) is 33.1 Å². The molecule has 0 amide bonds. The molecule has 0 saturated carbocycles. The third-order valence-electron chi connectivity index (χ3n) is 26.3. The molecule has 0 unspecified atom stereocenters. The van der Waals surface area contributed by atoms with E-state index >= 15 is 0 Å². The van der Waals surface area contributed by atoms with Crippen LogP contribution in [0.3, 0.4) is 0 Å². The molecule has 0 N–H and O–H groups in total. The van der Waals surface area contributed by atoms with Gasteiger partial charge in [0.2, 0.25) is 0 Å². The molecular formula is C114H84BN3O3. The van der Waals surface area contributed by atoms with Crippen molar-refractivity contribution in [1.29, 1.82) is 0 Å². The van der Waals surface area contributed by atoms with Crippen LogP contribution in [0.2, 0.25) is 0 Å². The van der Waals surface area contributed by atoms with E-state index in [-0.39, 0.29) is 23.0 Å². The average Bonchev–Trinajstić information content (AvgIpc) is 0.733. The van der Waals surface area contributed by atoms with E-state index in [1.54, 1.807) is 0 Å². The fraction of sp³-hybridized carbons (Fsp3) is 0.105. The normalized spacial score (nSPS) is 13.1. The van der Waals surface area contributed by atoms with Gasteiger partial charge in [-0.15, -0.1) is 0 Å². The van der Waals surface area contributed by atoms with E-state index < -0.39 is 0 Å². The fourth-order valence-electron chi connectivity index (χ4n) is 20.1. The SMILES string of the molecule is CC(C)(C)c1cc(-c2ccccc2)c2c(c1)-c1cccc(c1)-c1ccc3c(c1)c1cc(ccc1n3-c1ccc3oc4ccccc4c3c1)-c1cccc(c1)-c1cc(C(C)(C)C)cc(-c3ccccc3)c1N1c3ccc(-c4ccc5oc6ccccc6c5c4)cc3B3c4cc(-c5ccc6oc7ccccc7c6c5)ccc4N2c2cc(C(C)(C)C)cc1c23. The van der Waals surface area contributed by atoms with Crippen molar-refractivity contribution in [1.82, 2.24) is 4.57 Å². The van der Waals surface area contributed by atoms with Crippen LogP contribution < -0.4 is 26.2 Å². The Morgan fingerprint density at radius 3 is 0.959 bits per heavy atom. The smallest absolute Gasteiger partial charge is 0.252 e. The highest BCUT2D eigenvalue weighted by atomic mass is 16.3. The third kappa shape index (κ3) is 11.1. The maximum atomic E-state index is 6.60. The number of nitrogens with zero attached hydrogens (tertiary/aromatic N) is 3. The van der Waals surface area contributed by atoms with Crippen molar-refractivity contribution < 1.29 is 13.3 Å². The molecule has 21 aromatic rings. The summed E-state index contributed by atoms with van der Waals surface area (Å²) in [4.78, 5) is 5.46. The van der Waals surface area contributed by atoms with Crippen LogP contribution in [-0.4, -0.2) is 11.3 Å². The van der Waals surface area contributed by atoms with Crippen LogP contribution in [0.25, 0.3) is 182 Å². The summed E-state index contributed by atoms with van der Waals surface area (Å²) >= 11 is 0. The molecule has 0 aliphatic carbocycles. The Labute approximate surface area is 703 Å². The highest BCUT2D eigenvalue weighted by Crippen LogP contribution is 2.57. The second-order valence-electron chi connectivity index (χ2n) is 36.8. The van der Waals surface area contributed by atoms with Gasteiger partial charge in [0.05, 0.1) is 22.4 Å². The van der Waals surface area contributed by atoms with Crippen molar-refractivity contribution in [2.75, 3.05) is 9.80 Å². The second-order valence-corrected chi connectivity index (χ2v) is 36.8. The molecule has 576 valence electrons. The van der Waals surface area contributed by atoms with E-state index in [2.05, 4.69) is 422 Å². The first-order chi connectivity index (χ1) is 58.8. The van der Waals surface area contributed by atoms with Crippen LogP contribution in [0.4, 0.5) is 34.1 Å². The maximum Gasteiger partial charge on any atom is 0.252 e. The van der Waals surface area contributed by atoms with Crippen molar-refractivity contribution >= 4 is 145 Å². The van der Waals surface area contributed by atoms with E-state index in [4.69, 9.17) is 13.3 Å². The molecule has 0 saturated heterocycles. The topological polar surface area (TPSA) is 50.8 Å². The van der Waals surface area contributed by atoms with E-state index in [0.29, 0.717) is 0 Å². The number of rotatable bonds is 5. The summed E-state index contributed by atoms with van der Waals surface area (Å²) in [5.41, 5.74) is 39.6. The summed E-state index contributed by atoms with van der Waals surface area (Å²) in [6.45, 7) is 21.1. The van der Waals surface area contributed by atoms with Gasteiger partial charge in [-0.05, 0) is 262 Å². The van der Waals surface area contributed by atoms with Gasteiger partial charge in [-0.1, -0.05) is 263 Å². The molecule has 0 spiro atoms. The Kier molecular flexibility index (Phi) is 15.2.